The molecule has 0 fully saturated rings. The highest BCUT2D eigenvalue weighted by Gasteiger charge is 2.20. The maximum absolute atomic E-state index is 11.4. The highest BCUT2D eigenvalue weighted by atomic mass is 32.2. The second-order valence-electron chi connectivity index (χ2n) is 4.25. The molecule has 5 nitrogen and oxygen atoms in total. The van der Waals surface area contributed by atoms with Gasteiger partial charge in [0.2, 0.25) is 5.88 Å². The molecule has 0 saturated heterocycles. The number of anilines is 1. The van der Waals surface area contributed by atoms with Crippen LogP contribution in [0.5, 0.6) is 0 Å². The Balaban J connectivity index is 2.58. The molecule has 0 spiro atoms. The van der Waals surface area contributed by atoms with Crippen molar-refractivity contribution in [3.05, 3.63) is 35.5 Å². The maximum atomic E-state index is 11.4. The molecule has 0 saturated carbocycles. The van der Waals surface area contributed by atoms with Crippen LogP contribution in [0.2, 0.25) is 0 Å². The molecular formula is C12H14N2O3S. The first-order valence-corrected chi connectivity index (χ1v) is 7.42. The van der Waals surface area contributed by atoms with E-state index in [4.69, 9.17) is 10.3 Å². The van der Waals surface area contributed by atoms with Crippen molar-refractivity contribution in [1.29, 1.82) is 0 Å². The van der Waals surface area contributed by atoms with Crippen molar-refractivity contribution in [3.8, 4) is 11.1 Å². The van der Waals surface area contributed by atoms with Crippen LogP contribution in [0, 0.1) is 6.92 Å². The summed E-state index contributed by atoms with van der Waals surface area (Å²) < 4.78 is 27.6. The quantitative estimate of drug-likeness (QED) is 0.915. The Morgan fingerprint density at radius 1 is 1.33 bits per heavy atom. The predicted molar refractivity (Wildman–Crippen MR) is 69.6 cm³/mol. The summed E-state index contributed by atoms with van der Waals surface area (Å²) in [6, 6.07) is 7.55. The van der Waals surface area contributed by atoms with Crippen LogP contribution in [-0.2, 0) is 15.6 Å². The Labute approximate surface area is 106 Å². The zero-order valence-electron chi connectivity index (χ0n) is 10.2. The average molecular weight is 266 g/mol. The van der Waals surface area contributed by atoms with E-state index in [1.54, 1.807) is 0 Å². The number of hydrogen-bond acceptors (Lipinski definition) is 5. The first-order chi connectivity index (χ1) is 8.38. The van der Waals surface area contributed by atoms with Crippen LogP contribution in [0.4, 0.5) is 5.88 Å². The summed E-state index contributed by atoms with van der Waals surface area (Å²) in [4.78, 5) is 0. The lowest BCUT2D eigenvalue weighted by Crippen LogP contribution is -2.03. The molecule has 0 amide bonds. The minimum absolute atomic E-state index is 0.142. The van der Waals surface area contributed by atoms with Gasteiger partial charge in [-0.3, -0.25) is 0 Å². The van der Waals surface area contributed by atoms with Gasteiger partial charge in [0.15, 0.2) is 9.84 Å². The van der Waals surface area contributed by atoms with E-state index < -0.39 is 9.84 Å². The van der Waals surface area contributed by atoms with E-state index in [2.05, 4.69) is 5.16 Å². The van der Waals surface area contributed by atoms with Crippen LogP contribution < -0.4 is 5.73 Å². The Morgan fingerprint density at radius 3 is 2.61 bits per heavy atom. The van der Waals surface area contributed by atoms with Gasteiger partial charge in [0.1, 0.15) is 5.69 Å². The number of nitrogen functional groups attached to an aromatic ring is 1. The summed E-state index contributed by atoms with van der Waals surface area (Å²) in [7, 11) is -3.19. The standard InChI is InChI=1S/C12H14N2O3S/c1-8-5-3-4-6-9(8)11-10(7-18(2,15)16)14-17-12(11)13/h3-6H,7,13H2,1-2H3. The molecule has 0 unspecified atom stereocenters. The van der Waals surface area contributed by atoms with Crippen LogP contribution >= 0.6 is 0 Å². The van der Waals surface area contributed by atoms with Gasteiger partial charge in [0.25, 0.3) is 0 Å². The van der Waals surface area contributed by atoms with Crippen LogP contribution in [0.25, 0.3) is 11.1 Å². The minimum Gasteiger partial charge on any atom is -0.367 e. The fourth-order valence-corrected chi connectivity index (χ4v) is 2.52. The molecule has 2 N–H and O–H groups in total. The van der Waals surface area contributed by atoms with Crippen molar-refractivity contribution in [3.63, 3.8) is 0 Å². The SMILES string of the molecule is Cc1ccccc1-c1c(CS(C)(=O)=O)noc1N. The molecule has 6 heteroatoms. The van der Waals surface area contributed by atoms with E-state index >= 15 is 0 Å². The van der Waals surface area contributed by atoms with E-state index in [1.807, 2.05) is 31.2 Å². The Kier molecular flexibility index (Phi) is 3.13. The molecular weight excluding hydrogens is 252 g/mol. The van der Waals surface area contributed by atoms with Gasteiger partial charge < -0.3 is 10.3 Å². The molecule has 0 bridgehead atoms. The highest BCUT2D eigenvalue weighted by molar-refractivity contribution is 7.89. The summed E-state index contributed by atoms with van der Waals surface area (Å²) in [5, 5.41) is 3.74. The van der Waals surface area contributed by atoms with Crippen LogP contribution in [0.3, 0.4) is 0 Å². The molecule has 2 aromatic rings. The molecule has 0 radical (unpaired) electrons. The Morgan fingerprint density at radius 2 is 2.00 bits per heavy atom. The summed E-state index contributed by atoms with van der Waals surface area (Å²) >= 11 is 0. The summed E-state index contributed by atoms with van der Waals surface area (Å²) in [5.41, 5.74) is 8.49. The Bertz CT molecular complexity index is 674. The fraction of sp³-hybridized carbons (Fsp3) is 0.250. The van der Waals surface area contributed by atoms with Crippen LogP contribution in [-0.4, -0.2) is 19.8 Å². The molecule has 18 heavy (non-hydrogen) atoms. The lowest BCUT2D eigenvalue weighted by molar-refractivity contribution is 0.430. The largest absolute Gasteiger partial charge is 0.367 e. The zero-order valence-corrected chi connectivity index (χ0v) is 11.0. The van der Waals surface area contributed by atoms with Gasteiger partial charge in [-0.15, -0.1) is 0 Å². The van der Waals surface area contributed by atoms with Gasteiger partial charge >= 0.3 is 0 Å². The summed E-state index contributed by atoms with van der Waals surface area (Å²) in [6.07, 6.45) is 1.15. The number of aromatic nitrogens is 1. The molecule has 0 aliphatic carbocycles. The number of benzene rings is 1. The molecule has 2 rings (SSSR count). The van der Waals surface area contributed by atoms with Gasteiger partial charge in [-0.25, -0.2) is 8.42 Å². The third-order valence-corrected chi connectivity index (χ3v) is 3.40. The topological polar surface area (TPSA) is 86.2 Å². The zero-order chi connectivity index (χ0) is 13.3. The van der Waals surface area contributed by atoms with E-state index in [0.717, 1.165) is 17.4 Å². The number of sulfone groups is 1. The smallest absolute Gasteiger partial charge is 0.230 e. The first-order valence-electron chi connectivity index (χ1n) is 5.36. The third-order valence-electron chi connectivity index (χ3n) is 2.60. The lowest BCUT2D eigenvalue weighted by atomic mass is 10.0. The maximum Gasteiger partial charge on any atom is 0.230 e. The molecule has 0 atom stereocenters. The van der Waals surface area contributed by atoms with Gasteiger partial charge in [-0.1, -0.05) is 29.4 Å². The number of nitrogens with two attached hydrogens (primary N) is 1. The van der Waals surface area contributed by atoms with Crippen molar-refractivity contribution >= 4 is 15.7 Å². The average Bonchev–Trinajstić information content (AvgIpc) is 2.59. The second kappa shape index (κ2) is 4.45. The Hall–Kier alpha value is -1.82. The summed E-state index contributed by atoms with van der Waals surface area (Å²) in [5.74, 6) is -0.0415. The van der Waals surface area contributed by atoms with Crippen molar-refractivity contribution in [2.24, 2.45) is 0 Å². The van der Waals surface area contributed by atoms with Gasteiger partial charge in [0, 0.05) is 6.26 Å². The van der Waals surface area contributed by atoms with Crippen LogP contribution in [0.15, 0.2) is 28.8 Å². The van der Waals surface area contributed by atoms with E-state index in [0.29, 0.717) is 11.3 Å². The fourth-order valence-electron chi connectivity index (χ4n) is 1.83. The summed E-state index contributed by atoms with van der Waals surface area (Å²) in [6.45, 7) is 1.92. The predicted octanol–water partition coefficient (Wildman–Crippen LogP) is 1.78. The number of nitrogens with zero attached hydrogens (tertiary/aromatic N) is 1. The number of aryl methyl sites for hydroxylation is 1. The molecule has 0 aliphatic rings. The molecule has 96 valence electrons. The van der Waals surface area contributed by atoms with Crippen molar-refractivity contribution < 1.29 is 12.9 Å². The number of hydrogen-bond donors (Lipinski definition) is 1. The molecule has 1 aromatic heterocycles. The monoisotopic (exact) mass is 266 g/mol. The third kappa shape index (κ3) is 2.53. The van der Waals surface area contributed by atoms with Crippen molar-refractivity contribution in [2.75, 3.05) is 12.0 Å². The van der Waals surface area contributed by atoms with Gasteiger partial charge in [0.05, 0.1) is 11.3 Å². The minimum atomic E-state index is -3.19. The number of rotatable bonds is 3. The normalized spacial score (nSPS) is 11.7. The molecule has 1 heterocycles. The molecule has 0 aliphatic heterocycles. The van der Waals surface area contributed by atoms with Crippen molar-refractivity contribution in [2.45, 2.75) is 12.7 Å². The highest BCUT2D eigenvalue weighted by Crippen LogP contribution is 2.32. The second-order valence-corrected chi connectivity index (χ2v) is 6.39. The van der Waals surface area contributed by atoms with E-state index in [9.17, 15) is 8.42 Å². The molecule has 1 aromatic carbocycles. The first kappa shape index (κ1) is 12.6. The van der Waals surface area contributed by atoms with Gasteiger partial charge in [-0.05, 0) is 18.1 Å². The van der Waals surface area contributed by atoms with Crippen LogP contribution in [0.1, 0.15) is 11.3 Å². The van der Waals surface area contributed by atoms with Crippen molar-refractivity contribution in [1.82, 2.24) is 5.16 Å². The van der Waals surface area contributed by atoms with Gasteiger partial charge in [-0.2, -0.15) is 0 Å². The lowest BCUT2D eigenvalue weighted by Gasteiger charge is -2.05. The van der Waals surface area contributed by atoms with E-state index in [1.165, 1.54) is 0 Å². The van der Waals surface area contributed by atoms with E-state index in [-0.39, 0.29) is 11.6 Å².